The summed E-state index contributed by atoms with van der Waals surface area (Å²) >= 11 is 0. The fraction of sp³-hybridized carbons (Fsp3) is 0.400. The van der Waals surface area contributed by atoms with Gasteiger partial charge >= 0.3 is 0 Å². The van der Waals surface area contributed by atoms with Gasteiger partial charge in [0.25, 0.3) is 0 Å². The molecule has 0 fully saturated rings. The summed E-state index contributed by atoms with van der Waals surface area (Å²) in [4.78, 5) is 17.1. The maximum Gasteiger partial charge on any atom is 0.249 e. The van der Waals surface area contributed by atoms with Crippen LogP contribution in [-0.4, -0.2) is 29.7 Å². The minimum Gasteiger partial charge on any atom is -0.345 e. The fourth-order valence-electron chi connectivity index (χ4n) is 2.90. The average Bonchev–Trinajstić information content (AvgIpc) is 2.83. The lowest BCUT2D eigenvalue weighted by Gasteiger charge is -2.26. The molecule has 100 valence electrons. The Kier molecular flexibility index (Phi) is 3.03. The van der Waals surface area contributed by atoms with Crippen LogP contribution in [0.5, 0.6) is 0 Å². The molecule has 19 heavy (non-hydrogen) atoms. The number of hydrogen-bond acceptors (Lipinski definition) is 2. The predicted molar refractivity (Wildman–Crippen MR) is 73.5 cm³/mol. The van der Waals surface area contributed by atoms with Gasteiger partial charge in [0, 0.05) is 30.7 Å². The molecule has 1 aliphatic heterocycles. The molecule has 0 unspecified atom stereocenters. The highest BCUT2D eigenvalue weighted by molar-refractivity contribution is 5.83. The molecule has 0 saturated heterocycles. The summed E-state index contributed by atoms with van der Waals surface area (Å²) in [7, 11) is 3.20. The van der Waals surface area contributed by atoms with Gasteiger partial charge in [0.15, 0.2) is 0 Å². The Balaban J connectivity index is 1.90. The molecular formula is C15H18N2O2. The molecule has 0 radical (unpaired) electrons. The van der Waals surface area contributed by atoms with E-state index in [0.29, 0.717) is 0 Å². The number of carbonyl (C=O) groups excluding carboxylic acids is 1. The second-order valence-electron chi connectivity index (χ2n) is 5.05. The monoisotopic (exact) mass is 258 g/mol. The molecule has 0 spiro atoms. The maximum absolute atomic E-state index is 12.1. The largest absolute Gasteiger partial charge is 0.345 e. The van der Waals surface area contributed by atoms with Crippen molar-refractivity contribution in [3.63, 3.8) is 0 Å². The molecule has 2 aromatic rings. The van der Waals surface area contributed by atoms with Crippen LogP contribution < -0.4 is 0 Å². The second-order valence-corrected chi connectivity index (χ2v) is 5.05. The minimum absolute atomic E-state index is 0.0294. The number of hydroxylamine groups is 2. The highest BCUT2D eigenvalue weighted by atomic mass is 16.7. The first-order chi connectivity index (χ1) is 9.20. The molecule has 1 amide bonds. The molecule has 2 heterocycles. The van der Waals surface area contributed by atoms with Crippen molar-refractivity contribution in [3.05, 3.63) is 36.0 Å². The molecule has 4 nitrogen and oxygen atoms in total. The third-order valence-electron chi connectivity index (χ3n) is 3.99. The zero-order chi connectivity index (χ0) is 13.4. The van der Waals surface area contributed by atoms with E-state index in [-0.39, 0.29) is 11.8 Å². The number of nitrogens with zero attached hydrogens (tertiary/aromatic N) is 2. The molecule has 0 aliphatic carbocycles. The van der Waals surface area contributed by atoms with Crippen molar-refractivity contribution in [1.82, 2.24) is 9.63 Å². The van der Waals surface area contributed by atoms with E-state index < -0.39 is 0 Å². The topological polar surface area (TPSA) is 34.5 Å². The van der Waals surface area contributed by atoms with E-state index >= 15 is 0 Å². The van der Waals surface area contributed by atoms with E-state index in [1.807, 2.05) is 0 Å². The predicted octanol–water partition coefficient (Wildman–Crippen LogP) is 2.22. The normalized spacial score (nSPS) is 18.3. The fourth-order valence-corrected chi connectivity index (χ4v) is 2.90. The van der Waals surface area contributed by atoms with Crippen molar-refractivity contribution >= 4 is 16.8 Å². The van der Waals surface area contributed by atoms with Crippen LogP contribution in [-0.2, 0) is 22.6 Å². The zero-order valence-electron chi connectivity index (χ0n) is 11.3. The molecule has 1 aliphatic rings. The summed E-state index contributed by atoms with van der Waals surface area (Å²) in [6, 6.07) is 10.6. The van der Waals surface area contributed by atoms with E-state index in [0.717, 1.165) is 19.4 Å². The van der Waals surface area contributed by atoms with Crippen LogP contribution in [0.15, 0.2) is 30.3 Å². The van der Waals surface area contributed by atoms with Crippen molar-refractivity contribution in [2.45, 2.75) is 19.4 Å². The van der Waals surface area contributed by atoms with E-state index in [2.05, 4.69) is 34.9 Å². The van der Waals surface area contributed by atoms with Gasteiger partial charge in [0.2, 0.25) is 5.91 Å². The molecule has 0 bridgehead atoms. The van der Waals surface area contributed by atoms with Gasteiger partial charge in [-0.05, 0) is 30.4 Å². The van der Waals surface area contributed by atoms with Gasteiger partial charge < -0.3 is 4.57 Å². The first-order valence-electron chi connectivity index (χ1n) is 6.59. The van der Waals surface area contributed by atoms with E-state index in [1.165, 1.54) is 28.8 Å². The molecular weight excluding hydrogens is 240 g/mol. The van der Waals surface area contributed by atoms with Gasteiger partial charge in [-0.25, -0.2) is 5.06 Å². The Hall–Kier alpha value is -1.81. The lowest BCUT2D eigenvalue weighted by Crippen LogP contribution is -2.36. The molecule has 1 atom stereocenters. The highest BCUT2D eigenvalue weighted by Gasteiger charge is 2.28. The van der Waals surface area contributed by atoms with Gasteiger partial charge in [-0.2, -0.15) is 0 Å². The third-order valence-corrected chi connectivity index (χ3v) is 3.99. The van der Waals surface area contributed by atoms with Crippen molar-refractivity contribution in [1.29, 1.82) is 0 Å². The van der Waals surface area contributed by atoms with Crippen molar-refractivity contribution in [2.24, 2.45) is 5.92 Å². The maximum atomic E-state index is 12.1. The Morgan fingerprint density at radius 2 is 2.21 bits per heavy atom. The van der Waals surface area contributed by atoms with Gasteiger partial charge in [-0.1, -0.05) is 18.2 Å². The molecule has 3 rings (SSSR count). The van der Waals surface area contributed by atoms with Crippen LogP contribution in [0, 0.1) is 5.92 Å². The Labute approximate surface area is 112 Å². The van der Waals surface area contributed by atoms with Crippen LogP contribution in [0.1, 0.15) is 12.1 Å². The number of para-hydroxylation sites is 1. The summed E-state index contributed by atoms with van der Waals surface area (Å²) in [5, 5.41) is 2.59. The summed E-state index contributed by atoms with van der Waals surface area (Å²) in [5.41, 5.74) is 2.51. The SMILES string of the molecule is CON(C)C(=O)[C@H]1CCn2c(cc3ccccc32)C1. The molecule has 4 heteroatoms. The molecule has 0 saturated carbocycles. The van der Waals surface area contributed by atoms with E-state index in [1.54, 1.807) is 7.05 Å². The number of rotatable bonds is 2. The number of benzene rings is 1. The second kappa shape index (κ2) is 4.70. The number of hydrogen-bond donors (Lipinski definition) is 0. The Morgan fingerprint density at radius 1 is 1.42 bits per heavy atom. The molecule has 1 aromatic heterocycles. The van der Waals surface area contributed by atoms with E-state index in [9.17, 15) is 4.79 Å². The highest BCUT2D eigenvalue weighted by Crippen LogP contribution is 2.28. The van der Waals surface area contributed by atoms with Crippen molar-refractivity contribution in [3.8, 4) is 0 Å². The van der Waals surface area contributed by atoms with Gasteiger partial charge in [-0.15, -0.1) is 0 Å². The van der Waals surface area contributed by atoms with Gasteiger partial charge in [-0.3, -0.25) is 9.63 Å². The first-order valence-corrected chi connectivity index (χ1v) is 6.59. The quantitative estimate of drug-likeness (QED) is 0.774. The van der Waals surface area contributed by atoms with Gasteiger partial charge in [0.1, 0.15) is 0 Å². The van der Waals surface area contributed by atoms with E-state index in [4.69, 9.17) is 4.84 Å². The number of amides is 1. The van der Waals surface area contributed by atoms with Crippen molar-refractivity contribution in [2.75, 3.05) is 14.2 Å². The van der Waals surface area contributed by atoms with Crippen molar-refractivity contribution < 1.29 is 9.63 Å². The lowest BCUT2D eigenvalue weighted by molar-refractivity contribution is -0.174. The smallest absolute Gasteiger partial charge is 0.249 e. The zero-order valence-corrected chi connectivity index (χ0v) is 11.3. The van der Waals surface area contributed by atoms with Crippen LogP contribution in [0.3, 0.4) is 0 Å². The minimum atomic E-state index is 0.0294. The lowest BCUT2D eigenvalue weighted by atomic mass is 9.95. The Bertz CT molecular complexity index is 618. The average molecular weight is 258 g/mol. The summed E-state index contributed by atoms with van der Waals surface area (Å²) in [6.45, 7) is 0.900. The summed E-state index contributed by atoms with van der Waals surface area (Å²) in [5.74, 6) is 0.0979. The van der Waals surface area contributed by atoms with Crippen LogP contribution >= 0.6 is 0 Å². The van der Waals surface area contributed by atoms with Crippen LogP contribution in [0.2, 0.25) is 0 Å². The molecule has 0 N–H and O–H groups in total. The number of aryl methyl sites for hydroxylation is 1. The van der Waals surface area contributed by atoms with Crippen LogP contribution in [0.4, 0.5) is 0 Å². The molecule has 1 aromatic carbocycles. The van der Waals surface area contributed by atoms with Crippen LogP contribution in [0.25, 0.3) is 10.9 Å². The number of fused-ring (bicyclic) bond motifs is 3. The number of carbonyl (C=O) groups is 1. The first kappa shape index (κ1) is 12.2. The number of aromatic nitrogens is 1. The van der Waals surface area contributed by atoms with Gasteiger partial charge in [0.05, 0.1) is 7.11 Å². The summed E-state index contributed by atoms with van der Waals surface area (Å²) < 4.78 is 2.33. The third kappa shape index (κ3) is 2.02. The summed E-state index contributed by atoms with van der Waals surface area (Å²) in [6.07, 6.45) is 1.67. The Morgan fingerprint density at radius 3 is 3.00 bits per heavy atom. The standard InChI is InChI=1S/C15H18N2O2/c1-16(19-2)15(18)12-7-8-17-13(10-12)9-11-5-3-4-6-14(11)17/h3-6,9,12H,7-8,10H2,1-2H3/t12-/m0/s1.